The smallest absolute Gasteiger partial charge is 0.316 e. The van der Waals surface area contributed by atoms with Gasteiger partial charge in [-0.1, -0.05) is 29.8 Å². The molecule has 7 heteroatoms. The second-order valence-electron chi connectivity index (χ2n) is 8.20. The molecule has 0 bridgehead atoms. The van der Waals surface area contributed by atoms with Crippen molar-refractivity contribution in [3.8, 4) is 17.1 Å². The Balaban J connectivity index is 1.21. The third-order valence-electron chi connectivity index (χ3n) is 5.77. The molecular formula is C24H22N4O3. The number of anilines is 1. The van der Waals surface area contributed by atoms with Crippen LogP contribution < -0.4 is 10.1 Å². The number of carbonyl (C=O) groups is 1. The Bertz CT molecular complexity index is 1170. The second-order valence-corrected chi connectivity index (χ2v) is 8.20. The molecule has 0 atom stereocenters. The average Bonchev–Trinajstić information content (AvgIpc) is 3.47. The highest BCUT2D eigenvalue weighted by molar-refractivity contribution is 6.02. The third-order valence-corrected chi connectivity index (χ3v) is 5.77. The Kier molecular flexibility index (Phi) is 4.66. The molecule has 1 aliphatic carbocycles. The van der Waals surface area contributed by atoms with E-state index in [0.717, 1.165) is 34.8 Å². The van der Waals surface area contributed by atoms with Gasteiger partial charge in [-0.3, -0.25) is 4.79 Å². The summed E-state index contributed by atoms with van der Waals surface area (Å²) in [5.41, 5.74) is 5.57. The molecule has 0 spiro atoms. The zero-order chi connectivity index (χ0) is 21.4. The minimum Gasteiger partial charge on any atom is -0.481 e. The molecule has 0 radical (unpaired) electrons. The number of carboxylic acid groups (broad SMARTS) is 1. The zero-order valence-corrected chi connectivity index (χ0v) is 17.1. The van der Waals surface area contributed by atoms with Crippen LogP contribution in [0.4, 0.5) is 11.4 Å². The number of aliphatic carboxylic acids is 1. The van der Waals surface area contributed by atoms with Crippen molar-refractivity contribution in [2.24, 2.45) is 10.4 Å². The molecule has 1 aromatic heterocycles. The summed E-state index contributed by atoms with van der Waals surface area (Å²) in [6.45, 7) is 2.20. The molecule has 0 unspecified atom stereocenters. The fourth-order valence-electron chi connectivity index (χ4n) is 3.63. The summed E-state index contributed by atoms with van der Waals surface area (Å²) in [5, 5.41) is 12.6. The molecule has 2 aromatic carbocycles. The van der Waals surface area contributed by atoms with Crippen molar-refractivity contribution in [3.05, 3.63) is 66.0 Å². The van der Waals surface area contributed by atoms with E-state index >= 15 is 0 Å². The monoisotopic (exact) mass is 414 g/mol. The van der Waals surface area contributed by atoms with Gasteiger partial charge in [0.2, 0.25) is 0 Å². The highest BCUT2D eigenvalue weighted by Gasteiger charge is 2.51. The average molecular weight is 414 g/mol. The molecule has 3 aromatic rings. The van der Waals surface area contributed by atoms with E-state index < -0.39 is 11.4 Å². The number of nitrogens with zero attached hydrogens (tertiary/aromatic N) is 3. The fraction of sp³-hybridized carbons (Fsp3) is 0.250. The molecular weight excluding hydrogens is 392 g/mol. The van der Waals surface area contributed by atoms with Gasteiger partial charge in [-0.25, -0.2) is 15.0 Å². The van der Waals surface area contributed by atoms with E-state index in [0.29, 0.717) is 12.8 Å². The fourth-order valence-corrected chi connectivity index (χ4v) is 3.63. The van der Waals surface area contributed by atoms with Gasteiger partial charge in [-0.05, 0) is 49.1 Å². The number of carboxylic acids is 1. The van der Waals surface area contributed by atoms with Crippen LogP contribution in [0, 0.1) is 12.3 Å². The molecule has 156 valence electrons. The summed E-state index contributed by atoms with van der Waals surface area (Å²) in [6.07, 6.45) is 5.45. The van der Waals surface area contributed by atoms with Gasteiger partial charge in [-0.15, -0.1) is 0 Å². The minimum absolute atomic E-state index is 0.107. The van der Waals surface area contributed by atoms with Gasteiger partial charge >= 0.3 is 12.0 Å². The number of nitrogens with one attached hydrogen (secondary N) is 1. The molecule has 0 amide bonds. The van der Waals surface area contributed by atoms with Crippen molar-refractivity contribution in [2.75, 3.05) is 11.9 Å². The summed E-state index contributed by atoms with van der Waals surface area (Å²) < 4.78 is 5.49. The van der Waals surface area contributed by atoms with Gasteiger partial charge in [0.15, 0.2) is 0 Å². The van der Waals surface area contributed by atoms with Crippen LogP contribution in [0.15, 0.2) is 59.9 Å². The van der Waals surface area contributed by atoms with Gasteiger partial charge in [0.25, 0.3) is 0 Å². The Labute approximate surface area is 179 Å². The molecule has 2 aliphatic rings. The molecule has 7 nitrogen and oxygen atoms in total. The lowest BCUT2D eigenvalue weighted by Gasteiger charge is -2.10. The standard InChI is InChI=1S/C24H22N4O3/c1-15-2-7-20-17(10-15)11-21(28-20)27-19-5-3-16(4-6-19)18-12-25-23(26-13-18)31-14-24(8-9-24)22(29)30/h2-7,10,12-13H,8-9,11,14H2,1H3,(H,27,28)(H,29,30). The number of aromatic nitrogens is 2. The molecule has 2 heterocycles. The molecule has 0 saturated heterocycles. The minimum atomic E-state index is -0.819. The van der Waals surface area contributed by atoms with E-state index in [2.05, 4.69) is 45.4 Å². The maximum atomic E-state index is 11.2. The summed E-state index contributed by atoms with van der Waals surface area (Å²) in [5.74, 6) is 0.119. The first-order chi connectivity index (χ1) is 15.0. The Morgan fingerprint density at radius 2 is 1.84 bits per heavy atom. The second kappa shape index (κ2) is 7.50. The van der Waals surface area contributed by atoms with Crippen molar-refractivity contribution in [3.63, 3.8) is 0 Å². The van der Waals surface area contributed by atoms with Crippen LogP contribution in [-0.4, -0.2) is 33.5 Å². The molecule has 1 aliphatic heterocycles. The van der Waals surface area contributed by atoms with Crippen LogP contribution in [0.25, 0.3) is 11.1 Å². The number of hydrogen-bond acceptors (Lipinski definition) is 6. The molecule has 1 saturated carbocycles. The largest absolute Gasteiger partial charge is 0.481 e. The first-order valence-corrected chi connectivity index (χ1v) is 10.2. The van der Waals surface area contributed by atoms with Gasteiger partial charge in [-0.2, -0.15) is 0 Å². The van der Waals surface area contributed by atoms with Crippen LogP contribution in [0.1, 0.15) is 24.0 Å². The number of benzene rings is 2. The number of hydrogen-bond donors (Lipinski definition) is 2. The lowest BCUT2D eigenvalue weighted by molar-refractivity contribution is -0.144. The molecule has 2 N–H and O–H groups in total. The van der Waals surface area contributed by atoms with Gasteiger partial charge in [0.1, 0.15) is 17.9 Å². The molecule has 1 fully saturated rings. The van der Waals surface area contributed by atoms with Crippen molar-refractivity contribution in [1.29, 1.82) is 0 Å². The van der Waals surface area contributed by atoms with Crippen molar-refractivity contribution < 1.29 is 14.6 Å². The van der Waals surface area contributed by atoms with E-state index in [1.54, 1.807) is 12.4 Å². The normalized spacial score (nSPS) is 15.7. The predicted octanol–water partition coefficient (Wildman–Crippen LogP) is 4.39. The highest BCUT2D eigenvalue weighted by atomic mass is 16.5. The SMILES string of the molecule is Cc1ccc2c(c1)CC(Nc1ccc(-c3cnc(OCC4(C(=O)O)CC4)nc3)cc1)=N2. The lowest BCUT2D eigenvalue weighted by atomic mass is 10.1. The van der Waals surface area contributed by atoms with Crippen LogP contribution >= 0.6 is 0 Å². The topological polar surface area (TPSA) is 96.7 Å². The van der Waals surface area contributed by atoms with E-state index in [1.807, 2.05) is 24.3 Å². The Morgan fingerprint density at radius 1 is 1.10 bits per heavy atom. The quantitative estimate of drug-likeness (QED) is 0.621. The van der Waals surface area contributed by atoms with Gasteiger partial charge in [0.05, 0.1) is 5.69 Å². The summed E-state index contributed by atoms with van der Waals surface area (Å²) >= 11 is 0. The third kappa shape index (κ3) is 3.99. The van der Waals surface area contributed by atoms with Crippen LogP contribution in [0.2, 0.25) is 0 Å². The lowest BCUT2D eigenvalue weighted by Crippen LogP contribution is -2.23. The van der Waals surface area contributed by atoms with Crippen molar-refractivity contribution in [1.82, 2.24) is 9.97 Å². The number of rotatable bonds is 6. The number of fused-ring (bicyclic) bond motifs is 1. The Morgan fingerprint density at radius 3 is 2.52 bits per heavy atom. The molecule has 31 heavy (non-hydrogen) atoms. The van der Waals surface area contributed by atoms with E-state index in [9.17, 15) is 9.90 Å². The summed E-state index contributed by atoms with van der Waals surface area (Å²) in [4.78, 5) is 24.3. The van der Waals surface area contributed by atoms with Crippen molar-refractivity contribution >= 4 is 23.2 Å². The highest BCUT2D eigenvalue weighted by Crippen LogP contribution is 2.45. The predicted molar refractivity (Wildman–Crippen MR) is 118 cm³/mol. The van der Waals surface area contributed by atoms with Crippen LogP contribution in [0.3, 0.4) is 0 Å². The Hall–Kier alpha value is -3.74. The summed E-state index contributed by atoms with van der Waals surface area (Å²) in [7, 11) is 0. The number of amidine groups is 1. The maximum Gasteiger partial charge on any atom is 0.316 e. The first kappa shape index (κ1) is 19.2. The van der Waals surface area contributed by atoms with E-state index in [-0.39, 0.29) is 12.6 Å². The zero-order valence-electron chi connectivity index (χ0n) is 17.1. The van der Waals surface area contributed by atoms with E-state index in [4.69, 9.17) is 4.74 Å². The van der Waals surface area contributed by atoms with Gasteiger partial charge in [0, 0.05) is 30.1 Å². The van der Waals surface area contributed by atoms with E-state index in [1.165, 1.54) is 11.1 Å². The van der Waals surface area contributed by atoms with Crippen LogP contribution in [-0.2, 0) is 11.2 Å². The summed E-state index contributed by atoms with van der Waals surface area (Å²) in [6, 6.07) is 14.5. The van der Waals surface area contributed by atoms with Crippen LogP contribution in [0.5, 0.6) is 6.01 Å². The molecule has 5 rings (SSSR count). The number of aryl methyl sites for hydroxylation is 1. The van der Waals surface area contributed by atoms with Crippen molar-refractivity contribution in [2.45, 2.75) is 26.2 Å². The first-order valence-electron chi connectivity index (χ1n) is 10.2. The number of aliphatic imine (C=N–C) groups is 1. The van der Waals surface area contributed by atoms with Gasteiger partial charge < -0.3 is 15.2 Å². The maximum absolute atomic E-state index is 11.2. The number of ether oxygens (including phenoxy) is 1.